The van der Waals surface area contributed by atoms with E-state index in [0.717, 1.165) is 5.56 Å². The topological polar surface area (TPSA) is 44.5 Å². The average molecular weight is 254 g/mol. The maximum absolute atomic E-state index is 5.66. The summed E-state index contributed by atoms with van der Waals surface area (Å²) in [5, 5.41) is 0. The number of benzene rings is 1. The molecule has 0 fully saturated rings. The first-order chi connectivity index (χ1) is 8.30. The molecule has 0 aliphatic carbocycles. The minimum absolute atomic E-state index is 0.234. The number of halogens is 1. The highest BCUT2D eigenvalue weighted by atomic mass is 35.5. The van der Waals surface area contributed by atoms with Crippen molar-refractivity contribution in [3.05, 3.63) is 30.3 Å². The lowest BCUT2D eigenvalue weighted by Gasteiger charge is -2.10. The molecular formula is C12H12ClNO3. The predicted molar refractivity (Wildman–Crippen MR) is 64.6 cm³/mol. The van der Waals surface area contributed by atoms with Crippen LogP contribution in [0.5, 0.6) is 11.5 Å². The molecule has 0 aliphatic heterocycles. The first-order valence-corrected chi connectivity index (χ1v) is 5.55. The molecule has 0 aliphatic rings. The fraction of sp³-hybridized carbons (Fsp3) is 0.250. The van der Waals surface area contributed by atoms with Crippen LogP contribution in [-0.2, 0) is 5.88 Å². The van der Waals surface area contributed by atoms with Crippen LogP contribution in [0, 0.1) is 0 Å². The molecule has 1 aromatic heterocycles. The van der Waals surface area contributed by atoms with E-state index in [2.05, 4.69) is 4.98 Å². The van der Waals surface area contributed by atoms with E-state index in [9.17, 15) is 0 Å². The van der Waals surface area contributed by atoms with Gasteiger partial charge in [-0.25, -0.2) is 4.98 Å². The first kappa shape index (κ1) is 11.8. The van der Waals surface area contributed by atoms with Gasteiger partial charge in [0.25, 0.3) is 0 Å². The summed E-state index contributed by atoms with van der Waals surface area (Å²) < 4.78 is 16.1. The van der Waals surface area contributed by atoms with Crippen molar-refractivity contribution in [2.45, 2.75) is 5.88 Å². The summed E-state index contributed by atoms with van der Waals surface area (Å²) >= 11 is 5.66. The van der Waals surface area contributed by atoms with Gasteiger partial charge in [-0.1, -0.05) is 6.07 Å². The van der Waals surface area contributed by atoms with Crippen molar-refractivity contribution < 1.29 is 13.9 Å². The van der Waals surface area contributed by atoms with Gasteiger partial charge in [-0.15, -0.1) is 11.6 Å². The number of nitrogens with zero attached hydrogens (tertiary/aromatic N) is 1. The summed E-state index contributed by atoms with van der Waals surface area (Å²) in [5.41, 5.74) is 0.737. The second-order valence-electron chi connectivity index (χ2n) is 3.29. The van der Waals surface area contributed by atoms with Crippen molar-refractivity contribution >= 4 is 11.6 Å². The maximum atomic E-state index is 5.66. The zero-order valence-corrected chi connectivity index (χ0v) is 10.3. The van der Waals surface area contributed by atoms with E-state index in [1.807, 2.05) is 18.2 Å². The highest BCUT2D eigenvalue weighted by Gasteiger charge is 2.16. The first-order valence-electron chi connectivity index (χ1n) is 5.02. The van der Waals surface area contributed by atoms with E-state index in [1.165, 1.54) is 0 Å². The fourth-order valence-electron chi connectivity index (χ4n) is 1.58. The standard InChI is InChI=1S/C12H12ClNO3/c1-15-8-4-3-5-9(16-2)12(8)10-7-14-11(6-13)17-10/h3-5,7H,6H2,1-2H3. The van der Waals surface area contributed by atoms with Crippen LogP contribution in [0.3, 0.4) is 0 Å². The van der Waals surface area contributed by atoms with Crippen LogP contribution in [0.25, 0.3) is 11.3 Å². The summed E-state index contributed by atoms with van der Waals surface area (Å²) in [6, 6.07) is 5.52. The largest absolute Gasteiger partial charge is 0.496 e. The van der Waals surface area contributed by atoms with Gasteiger partial charge in [0, 0.05) is 0 Å². The summed E-state index contributed by atoms with van der Waals surface area (Å²) in [4.78, 5) is 4.05. The van der Waals surface area contributed by atoms with E-state index in [4.69, 9.17) is 25.5 Å². The Balaban J connectivity index is 2.55. The lowest BCUT2D eigenvalue weighted by molar-refractivity contribution is 0.394. The minimum Gasteiger partial charge on any atom is -0.496 e. The normalized spacial score (nSPS) is 10.3. The van der Waals surface area contributed by atoms with E-state index in [0.29, 0.717) is 23.1 Å². The molecule has 4 nitrogen and oxygen atoms in total. The van der Waals surface area contributed by atoms with E-state index < -0.39 is 0 Å². The number of aromatic nitrogens is 1. The number of alkyl halides is 1. The third kappa shape index (κ3) is 2.22. The summed E-state index contributed by atoms with van der Waals surface area (Å²) in [6.45, 7) is 0. The van der Waals surface area contributed by atoms with Gasteiger partial charge >= 0.3 is 0 Å². The molecule has 5 heteroatoms. The molecule has 0 amide bonds. The van der Waals surface area contributed by atoms with Gasteiger partial charge in [0.05, 0.1) is 26.3 Å². The fourth-order valence-corrected chi connectivity index (χ4v) is 1.71. The van der Waals surface area contributed by atoms with Gasteiger partial charge in [0.15, 0.2) is 5.76 Å². The third-order valence-corrected chi connectivity index (χ3v) is 2.57. The number of ether oxygens (including phenoxy) is 2. The monoisotopic (exact) mass is 253 g/mol. The lowest BCUT2D eigenvalue weighted by Crippen LogP contribution is -1.91. The van der Waals surface area contributed by atoms with E-state index in [-0.39, 0.29) is 5.88 Å². The molecule has 90 valence electrons. The molecule has 0 atom stereocenters. The van der Waals surface area contributed by atoms with Crippen LogP contribution < -0.4 is 9.47 Å². The number of methoxy groups -OCH3 is 2. The Morgan fingerprint density at radius 3 is 2.35 bits per heavy atom. The molecule has 0 unspecified atom stereocenters. The van der Waals surface area contributed by atoms with Crippen molar-refractivity contribution in [2.24, 2.45) is 0 Å². The molecule has 2 rings (SSSR count). The maximum Gasteiger partial charge on any atom is 0.209 e. The zero-order valence-electron chi connectivity index (χ0n) is 9.57. The average Bonchev–Trinajstić information content (AvgIpc) is 2.86. The quantitative estimate of drug-likeness (QED) is 0.786. The van der Waals surface area contributed by atoms with Crippen LogP contribution in [0.2, 0.25) is 0 Å². The number of hydrogen-bond donors (Lipinski definition) is 0. The van der Waals surface area contributed by atoms with Gasteiger partial charge in [-0.2, -0.15) is 0 Å². The van der Waals surface area contributed by atoms with Crippen molar-refractivity contribution in [1.82, 2.24) is 4.98 Å². The van der Waals surface area contributed by atoms with Crippen molar-refractivity contribution in [3.8, 4) is 22.8 Å². The van der Waals surface area contributed by atoms with Crippen LogP contribution in [0.4, 0.5) is 0 Å². The molecule has 0 saturated heterocycles. The molecule has 17 heavy (non-hydrogen) atoms. The molecule has 0 spiro atoms. The molecular weight excluding hydrogens is 242 g/mol. The Morgan fingerprint density at radius 1 is 1.24 bits per heavy atom. The summed E-state index contributed by atoms with van der Waals surface area (Å²) in [7, 11) is 3.19. The van der Waals surface area contributed by atoms with Crippen molar-refractivity contribution in [1.29, 1.82) is 0 Å². The second kappa shape index (κ2) is 5.10. The Hall–Kier alpha value is -1.68. The highest BCUT2D eigenvalue weighted by Crippen LogP contribution is 2.38. The van der Waals surface area contributed by atoms with Crippen LogP contribution >= 0.6 is 11.6 Å². The van der Waals surface area contributed by atoms with Crippen LogP contribution in [-0.4, -0.2) is 19.2 Å². The van der Waals surface area contributed by atoms with Gasteiger partial charge in [0.2, 0.25) is 5.89 Å². The zero-order chi connectivity index (χ0) is 12.3. The summed E-state index contributed by atoms with van der Waals surface area (Å²) in [5.74, 6) is 2.62. The van der Waals surface area contributed by atoms with Crippen LogP contribution in [0.1, 0.15) is 5.89 Å². The van der Waals surface area contributed by atoms with Gasteiger partial charge in [-0.05, 0) is 12.1 Å². The minimum atomic E-state index is 0.234. The molecule has 1 heterocycles. The molecule has 0 N–H and O–H groups in total. The molecule has 0 saturated carbocycles. The Bertz CT molecular complexity index is 488. The number of oxazole rings is 1. The van der Waals surface area contributed by atoms with E-state index >= 15 is 0 Å². The van der Waals surface area contributed by atoms with Gasteiger partial charge in [-0.3, -0.25) is 0 Å². The second-order valence-corrected chi connectivity index (χ2v) is 3.56. The van der Waals surface area contributed by atoms with Crippen molar-refractivity contribution in [2.75, 3.05) is 14.2 Å². The highest BCUT2D eigenvalue weighted by molar-refractivity contribution is 6.16. The predicted octanol–water partition coefficient (Wildman–Crippen LogP) is 3.10. The van der Waals surface area contributed by atoms with Crippen molar-refractivity contribution in [3.63, 3.8) is 0 Å². The molecule has 0 radical (unpaired) electrons. The number of hydrogen-bond acceptors (Lipinski definition) is 4. The van der Waals surface area contributed by atoms with Crippen LogP contribution in [0.15, 0.2) is 28.8 Å². The van der Waals surface area contributed by atoms with Gasteiger partial charge < -0.3 is 13.9 Å². The third-order valence-electron chi connectivity index (χ3n) is 2.34. The number of rotatable bonds is 4. The Morgan fingerprint density at radius 2 is 1.88 bits per heavy atom. The molecule has 2 aromatic rings. The van der Waals surface area contributed by atoms with E-state index in [1.54, 1.807) is 20.4 Å². The summed E-state index contributed by atoms with van der Waals surface area (Å²) in [6.07, 6.45) is 1.61. The smallest absolute Gasteiger partial charge is 0.209 e. The Kier molecular flexibility index (Phi) is 3.54. The van der Waals surface area contributed by atoms with Gasteiger partial charge in [0.1, 0.15) is 17.1 Å². The SMILES string of the molecule is COc1cccc(OC)c1-c1cnc(CCl)o1. The Labute approximate surface area is 104 Å². The molecule has 1 aromatic carbocycles. The molecule has 0 bridgehead atoms. The lowest BCUT2D eigenvalue weighted by atomic mass is 10.1.